The van der Waals surface area contributed by atoms with E-state index < -0.39 is 0 Å². The molecule has 0 aliphatic carbocycles. The number of hydrogen-bond acceptors (Lipinski definition) is 8. The highest BCUT2D eigenvalue weighted by Crippen LogP contribution is 2.56. The number of hydrogen-bond donors (Lipinski definition) is 0. The fraction of sp³-hybridized carbons (Fsp3) is 0. The highest BCUT2D eigenvalue weighted by molar-refractivity contribution is 6.03. The van der Waals surface area contributed by atoms with Crippen LogP contribution in [0, 0.1) is 22.7 Å². The fourth-order valence-corrected chi connectivity index (χ4v) is 11.0. The molecular weight excluding hydrogens is 977 g/mol. The van der Waals surface area contributed by atoms with Crippen molar-refractivity contribution < 1.29 is 0 Å². The van der Waals surface area contributed by atoms with Crippen LogP contribution < -0.4 is 19.6 Å². The monoisotopic (exact) mass is 1020 g/mol. The van der Waals surface area contributed by atoms with E-state index in [4.69, 9.17) is 0 Å². The molecule has 2 aromatic heterocycles. The Bertz CT molecular complexity index is 4240. The van der Waals surface area contributed by atoms with Crippen molar-refractivity contribution in [3.05, 3.63) is 303 Å². The quantitative estimate of drug-likeness (QED) is 0.149. The molecule has 0 fully saturated rings. The molecule has 0 N–H and O–H groups in total. The molecule has 0 saturated carbocycles. The van der Waals surface area contributed by atoms with Gasteiger partial charge < -0.3 is 19.6 Å². The lowest BCUT2D eigenvalue weighted by Crippen LogP contribution is -2.23. The van der Waals surface area contributed by atoms with Gasteiger partial charge in [0.05, 0.1) is 51.1 Å². The van der Waals surface area contributed by atoms with Gasteiger partial charge in [0.2, 0.25) is 0 Å². The van der Waals surface area contributed by atoms with Crippen molar-refractivity contribution in [3.63, 3.8) is 0 Å². The third-order valence-electron chi connectivity index (χ3n) is 14.5. The Balaban J connectivity index is 0.000000151. The van der Waals surface area contributed by atoms with Gasteiger partial charge in [0.15, 0.2) is 0 Å². The molecule has 14 rings (SSSR count). The second kappa shape index (κ2) is 21.4. The van der Waals surface area contributed by atoms with Gasteiger partial charge in [0.1, 0.15) is 17.8 Å². The summed E-state index contributed by atoms with van der Waals surface area (Å²) in [6.07, 6.45) is 5.03. The summed E-state index contributed by atoms with van der Waals surface area (Å²) in [5.74, 6) is 0. The van der Waals surface area contributed by atoms with E-state index >= 15 is 0 Å². The van der Waals surface area contributed by atoms with Crippen molar-refractivity contribution in [3.8, 4) is 56.6 Å². The van der Waals surface area contributed by atoms with Crippen LogP contribution in [0.2, 0.25) is 0 Å². The molecule has 2 aliphatic heterocycles. The SMILES string of the molecule is N#Cc1cc(-c2cccc(-c3cccc(N4c5ccccc5N(c5ccccc5)c5ccccc54)c3)c2)ccn1.N#Cc1cnccc1-c1cccc(-c2cccc(N3c4ccccc4N(c4ccccc4)c4ccccc43)c2)c1. The maximum atomic E-state index is 9.60. The fourth-order valence-electron chi connectivity index (χ4n) is 11.0. The summed E-state index contributed by atoms with van der Waals surface area (Å²) >= 11 is 0. The number of nitrogens with zero attached hydrogens (tertiary/aromatic N) is 8. The van der Waals surface area contributed by atoms with Crippen LogP contribution >= 0.6 is 0 Å². The third-order valence-corrected chi connectivity index (χ3v) is 14.5. The van der Waals surface area contributed by atoms with Gasteiger partial charge in [-0.25, -0.2) is 4.98 Å². The van der Waals surface area contributed by atoms with E-state index in [1.54, 1.807) is 18.6 Å². The predicted octanol–water partition coefficient (Wildman–Crippen LogP) is 19.1. The molecule has 8 heteroatoms. The first kappa shape index (κ1) is 48.3. The van der Waals surface area contributed by atoms with Crippen LogP contribution in [-0.2, 0) is 0 Å². The summed E-state index contributed by atoms with van der Waals surface area (Å²) < 4.78 is 0. The minimum atomic E-state index is 0.414. The van der Waals surface area contributed by atoms with Crippen molar-refractivity contribution in [2.75, 3.05) is 19.6 Å². The summed E-state index contributed by atoms with van der Waals surface area (Å²) in [4.78, 5) is 17.6. The van der Waals surface area contributed by atoms with Gasteiger partial charge in [0.25, 0.3) is 0 Å². The first-order valence-electron chi connectivity index (χ1n) is 26.4. The average Bonchev–Trinajstić information content (AvgIpc) is 3.61. The number of para-hydroxylation sites is 10. The Hall–Kier alpha value is -11.3. The lowest BCUT2D eigenvalue weighted by atomic mass is 9.97. The zero-order valence-corrected chi connectivity index (χ0v) is 43.3. The van der Waals surface area contributed by atoms with E-state index in [1.165, 1.54) is 0 Å². The van der Waals surface area contributed by atoms with Gasteiger partial charge in [-0.2, -0.15) is 10.5 Å². The second-order valence-electron chi connectivity index (χ2n) is 19.3. The number of rotatable bonds is 8. The van der Waals surface area contributed by atoms with E-state index in [9.17, 15) is 10.5 Å². The van der Waals surface area contributed by atoms with Gasteiger partial charge in [-0.15, -0.1) is 0 Å². The molecule has 376 valence electrons. The summed E-state index contributed by atoms with van der Waals surface area (Å²) in [5.41, 5.74) is 22.7. The molecule has 2 aliphatic rings. The lowest BCUT2D eigenvalue weighted by molar-refractivity contribution is 1.17. The Morgan fingerprint density at radius 3 is 1.02 bits per heavy atom. The molecule has 0 spiro atoms. The summed E-state index contributed by atoms with van der Waals surface area (Å²) in [7, 11) is 0. The van der Waals surface area contributed by atoms with Gasteiger partial charge in [-0.05, 0) is 166 Å². The molecule has 0 saturated heterocycles. The van der Waals surface area contributed by atoms with Crippen LogP contribution in [0.4, 0.5) is 68.2 Å². The Kier molecular flexibility index (Phi) is 12.9. The molecule has 80 heavy (non-hydrogen) atoms. The smallest absolute Gasteiger partial charge is 0.141 e. The molecule has 10 aromatic carbocycles. The number of nitriles is 2. The molecule has 0 bridgehead atoms. The molecule has 0 atom stereocenters. The zero-order valence-electron chi connectivity index (χ0n) is 43.3. The van der Waals surface area contributed by atoms with E-state index in [0.717, 1.165) is 113 Å². The average molecular weight is 1030 g/mol. The van der Waals surface area contributed by atoms with Gasteiger partial charge >= 0.3 is 0 Å². The summed E-state index contributed by atoms with van der Waals surface area (Å²) in [6.45, 7) is 0. The number of aromatic nitrogens is 2. The van der Waals surface area contributed by atoms with E-state index in [-0.39, 0.29) is 0 Å². The van der Waals surface area contributed by atoms with E-state index in [0.29, 0.717) is 11.3 Å². The van der Waals surface area contributed by atoms with Crippen LogP contribution in [0.5, 0.6) is 0 Å². The second-order valence-corrected chi connectivity index (χ2v) is 19.3. The van der Waals surface area contributed by atoms with Crippen molar-refractivity contribution in [1.82, 2.24) is 9.97 Å². The van der Waals surface area contributed by atoms with E-state index in [2.05, 4.69) is 278 Å². The Morgan fingerprint density at radius 2 is 0.613 bits per heavy atom. The molecular formula is C72H48N8. The first-order chi connectivity index (χ1) is 39.6. The minimum Gasteiger partial charge on any atom is -0.306 e. The normalized spacial score (nSPS) is 11.9. The van der Waals surface area contributed by atoms with E-state index in [1.807, 2.05) is 36.4 Å². The van der Waals surface area contributed by atoms with Gasteiger partial charge in [0, 0.05) is 46.9 Å². The molecule has 4 heterocycles. The minimum absolute atomic E-state index is 0.414. The Labute approximate surface area is 465 Å². The highest BCUT2D eigenvalue weighted by atomic mass is 15.3. The third kappa shape index (κ3) is 9.11. The number of benzene rings is 10. The van der Waals surface area contributed by atoms with Gasteiger partial charge in [-0.3, -0.25) is 4.98 Å². The van der Waals surface area contributed by atoms with Crippen LogP contribution in [0.25, 0.3) is 44.5 Å². The topological polar surface area (TPSA) is 86.3 Å². The van der Waals surface area contributed by atoms with Gasteiger partial charge in [-0.1, -0.05) is 146 Å². The van der Waals surface area contributed by atoms with Crippen molar-refractivity contribution in [2.24, 2.45) is 0 Å². The molecule has 8 nitrogen and oxygen atoms in total. The number of fused-ring (bicyclic) bond motifs is 4. The molecule has 0 radical (unpaired) electrons. The first-order valence-corrected chi connectivity index (χ1v) is 26.4. The van der Waals surface area contributed by atoms with Crippen molar-refractivity contribution in [1.29, 1.82) is 10.5 Å². The standard InChI is InChI=1S/2C36H24N4/c37-24-29-25-38-21-20-32(29)28-12-8-10-26(22-28)27-11-9-15-31(23-27)40-35-18-6-4-16-33(35)39(30-13-2-1-3-14-30)34-17-5-7-19-36(34)40;37-25-30-23-29(20-21-38-30)27-11-8-10-26(22-27)28-12-9-15-32(24-28)40-35-18-6-4-16-33(35)39(31-13-2-1-3-14-31)34-17-5-7-19-36(34)40/h1-23,25H;1-24H. The molecule has 12 aromatic rings. The maximum absolute atomic E-state index is 9.60. The van der Waals surface area contributed by atoms with Crippen LogP contribution in [0.3, 0.4) is 0 Å². The lowest BCUT2D eigenvalue weighted by Gasteiger charge is -2.40. The summed E-state index contributed by atoms with van der Waals surface area (Å²) in [5, 5.41) is 18.9. The van der Waals surface area contributed by atoms with Crippen molar-refractivity contribution in [2.45, 2.75) is 0 Å². The van der Waals surface area contributed by atoms with Crippen molar-refractivity contribution >= 4 is 68.2 Å². The molecule has 0 amide bonds. The number of anilines is 12. The predicted molar refractivity (Wildman–Crippen MR) is 325 cm³/mol. The Morgan fingerprint density at radius 1 is 0.275 bits per heavy atom. The van der Waals surface area contributed by atoms with Crippen LogP contribution in [0.15, 0.2) is 292 Å². The number of pyridine rings is 2. The van der Waals surface area contributed by atoms with Crippen LogP contribution in [-0.4, -0.2) is 9.97 Å². The molecule has 0 unspecified atom stereocenters. The largest absolute Gasteiger partial charge is 0.306 e. The maximum Gasteiger partial charge on any atom is 0.141 e. The highest BCUT2D eigenvalue weighted by Gasteiger charge is 2.32. The van der Waals surface area contributed by atoms with Crippen LogP contribution in [0.1, 0.15) is 11.3 Å². The zero-order chi connectivity index (χ0) is 53.8. The summed E-state index contributed by atoms with van der Waals surface area (Å²) in [6, 6.07) is 99.4.